The van der Waals surface area contributed by atoms with Crippen molar-refractivity contribution in [3.05, 3.63) is 23.8 Å². The molecular weight excluding hydrogens is 254 g/mol. The third-order valence-corrected chi connectivity index (χ3v) is 8.07. The fraction of sp³-hybridized carbons (Fsp3) is 0.600. The minimum absolute atomic E-state index is 0.151. The molecule has 0 radical (unpaired) electrons. The van der Waals surface area contributed by atoms with Crippen molar-refractivity contribution in [3.8, 4) is 11.5 Å². The van der Waals surface area contributed by atoms with E-state index in [4.69, 9.17) is 14.9 Å². The van der Waals surface area contributed by atoms with Crippen LogP contribution in [0.3, 0.4) is 0 Å². The van der Waals surface area contributed by atoms with E-state index in [1.807, 2.05) is 25.1 Å². The number of hydrogen-bond acceptors (Lipinski definition) is 3. The minimum Gasteiger partial charge on any atom is -0.541 e. The summed E-state index contributed by atoms with van der Waals surface area (Å²) in [6.07, 6.45) is 0. The van der Waals surface area contributed by atoms with Crippen molar-refractivity contribution in [1.82, 2.24) is 0 Å². The highest BCUT2D eigenvalue weighted by Crippen LogP contribution is 2.41. The summed E-state index contributed by atoms with van der Waals surface area (Å²) in [5, 5.41) is 0.151. The Hall–Kier alpha value is -1.00. The number of nitrogens with two attached hydrogens (primary N) is 1. The van der Waals surface area contributed by atoms with Gasteiger partial charge < -0.3 is 14.9 Å². The molecule has 19 heavy (non-hydrogen) atoms. The molecule has 0 bridgehead atoms. The van der Waals surface area contributed by atoms with Crippen LogP contribution in [0.4, 0.5) is 0 Å². The molecule has 3 nitrogen and oxygen atoms in total. The average molecular weight is 281 g/mol. The highest BCUT2D eigenvalue weighted by molar-refractivity contribution is 6.74. The Morgan fingerprint density at radius 2 is 1.84 bits per heavy atom. The molecule has 0 saturated heterocycles. The lowest BCUT2D eigenvalue weighted by molar-refractivity contribution is 0.324. The topological polar surface area (TPSA) is 44.5 Å². The molecule has 0 saturated carbocycles. The van der Waals surface area contributed by atoms with Crippen molar-refractivity contribution in [3.63, 3.8) is 0 Å². The smallest absolute Gasteiger partial charge is 0.250 e. The van der Waals surface area contributed by atoms with E-state index >= 15 is 0 Å². The summed E-state index contributed by atoms with van der Waals surface area (Å²) in [5.41, 5.74) is 6.83. The van der Waals surface area contributed by atoms with E-state index in [1.165, 1.54) is 0 Å². The van der Waals surface area contributed by atoms with Gasteiger partial charge in [-0.05, 0) is 31.1 Å². The van der Waals surface area contributed by atoms with E-state index in [0.717, 1.165) is 17.1 Å². The van der Waals surface area contributed by atoms with Crippen molar-refractivity contribution in [2.45, 2.75) is 52.4 Å². The first-order chi connectivity index (χ1) is 8.73. The summed E-state index contributed by atoms with van der Waals surface area (Å²) in [6, 6.07) is 5.92. The first-order valence-electron chi connectivity index (χ1n) is 6.86. The van der Waals surface area contributed by atoms with Gasteiger partial charge in [-0.3, -0.25) is 0 Å². The Kier molecular flexibility index (Phi) is 5.04. The molecule has 2 N–H and O–H groups in total. The normalized spacial score (nSPS) is 12.4. The Balaban J connectivity index is 3.18. The maximum absolute atomic E-state index is 6.41. The second kappa shape index (κ2) is 5.97. The molecule has 4 heteroatoms. The maximum atomic E-state index is 6.41. The van der Waals surface area contributed by atoms with Crippen LogP contribution in [0.1, 0.15) is 33.3 Å². The summed E-state index contributed by atoms with van der Waals surface area (Å²) in [5.74, 6) is 1.63. The Morgan fingerprint density at radius 1 is 1.21 bits per heavy atom. The fourth-order valence-electron chi connectivity index (χ4n) is 1.52. The highest BCUT2D eigenvalue weighted by Gasteiger charge is 2.39. The molecule has 0 unspecified atom stereocenters. The van der Waals surface area contributed by atoms with Gasteiger partial charge in [0.1, 0.15) is 0 Å². The van der Waals surface area contributed by atoms with Gasteiger partial charge in [-0.1, -0.05) is 32.9 Å². The van der Waals surface area contributed by atoms with Crippen LogP contribution in [0.25, 0.3) is 0 Å². The van der Waals surface area contributed by atoms with Gasteiger partial charge in [0, 0.05) is 12.1 Å². The molecule has 0 amide bonds. The number of para-hydroxylation sites is 1. The van der Waals surface area contributed by atoms with Crippen LogP contribution in [0.2, 0.25) is 18.1 Å². The zero-order valence-corrected chi connectivity index (χ0v) is 14.0. The quantitative estimate of drug-likeness (QED) is 0.832. The SMILES string of the molecule is CCOc1cccc(CN)c1O[Si](C)(C)C(C)(C)C. The predicted octanol–water partition coefficient (Wildman–Crippen LogP) is 3.93. The first-order valence-corrected chi connectivity index (χ1v) is 9.77. The molecule has 0 aliphatic carbocycles. The van der Waals surface area contributed by atoms with Gasteiger partial charge in [-0.25, -0.2) is 0 Å². The van der Waals surface area contributed by atoms with Crippen LogP contribution in [0.5, 0.6) is 11.5 Å². The second-order valence-corrected chi connectivity index (χ2v) is 11.0. The van der Waals surface area contributed by atoms with Crippen LogP contribution in [-0.2, 0) is 6.54 Å². The van der Waals surface area contributed by atoms with Crippen LogP contribution in [0, 0.1) is 0 Å². The highest BCUT2D eigenvalue weighted by atomic mass is 28.4. The lowest BCUT2D eigenvalue weighted by Crippen LogP contribution is -2.44. The van der Waals surface area contributed by atoms with E-state index in [0.29, 0.717) is 13.2 Å². The summed E-state index contributed by atoms with van der Waals surface area (Å²) < 4.78 is 12.1. The second-order valence-electron chi connectivity index (χ2n) is 6.24. The van der Waals surface area contributed by atoms with E-state index in [1.54, 1.807) is 0 Å². The van der Waals surface area contributed by atoms with E-state index < -0.39 is 8.32 Å². The van der Waals surface area contributed by atoms with Gasteiger partial charge in [-0.15, -0.1) is 0 Å². The number of benzene rings is 1. The van der Waals surface area contributed by atoms with E-state index in [-0.39, 0.29) is 5.04 Å². The zero-order chi connectivity index (χ0) is 14.7. The van der Waals surface area contributed by atoms with E-state index in [2.05, 4.69) is 33.9 Å². The molecule has 0 spiro atoms. The Labute approximate surface area is 118 Å². The fourth-order valence-corrected chi connectivity index (χ4v) is 2.56. The standard InChI is InChI=1S/C15H27NO2Si/c1-7-17-13-10-8-9-12(11-16)14(13)18-19(5,6)15(2,3)4/h8-10H,7,11,16H2,1-6H3. The number of hydrogen-bond donors (Lipinski definition) is 1. The number of rotatable bonds is 5. The Morgan fingerprint density at radius 3 is 2.32 bits per heavy atom. The average Bonchev–Trinajstić information content (AvgIpc) is 2.30. The summed E-state index contributed by atoms with van der Waals surface area (Å²) in [7, 11) is -1.89. The molecule has 1 aromatic carbocycles. The van der Waals surface area contributed by atoms with Gasteiger partial charge in [-0.2, -0.15) is 0 Å². The van der Waals surface area contributed by atoms with Gasteiger partial charge in [0.2, 0.25) is 0 Å². The molecule has 0 aromatic heterocycles. The largest absolute Gasteiger partial charge is 0.541 e. The number of ether oxygens (including phenoxy) is 1. The van der Waals surface area contributed by atoms with Gasteiger partial charge in [0.15, 0.2) is 11.5 Å². The summed E-state index contributed by atoms with van der Waals surface area (Å²) in [4.78, 5) is 0. The molecule has 108 valence electrons. The summed E-state index contributed by atoms with van der Waals surface area (Å²) >= 11 is 0. The predicted molar refractivity (Wildman–Crippen MR) is 83.3 cm³/mol. The Bertz CT molecular complexity index is 425. The van der Waals surface area contributed by atoms with Gasteiger partial charge >= 0.3 is 0 Å². The van der Waals surface area contributed by atoms with Crippen molar-refractivity contribution in [2.24, 2.45) is 5.73 Å². The maximum Gasteiger partial charge on any atom is 0.250 e. The lowest BCUT2D eigenvalue weighted by atomic mass is 10.2. The van der Waals surface area contributed by atoms with E-state index in [9.17, 15) is 0 Å². The molecule has 0 aliphatic heterocycles. The van der Waals surface area contributed by atoms with Crippen molar-refractivity contribution < 1.29 is 9.16 Å². The van der Waals surface area contributed by atoms with Gasteiger partial charge in [0.05, 0.1) is 6.61 Å². The zero-order valence-electron chi connectivity index (χ0n) is 13.0. The van der Waals surface area contributed by atoms with Crippen LogP contribution < -0.4 is 14.9 Å². The molecule has 0 atom stereocenters. The van der Waals surface area contributed by atoms with Gasteiger partial charge in [0.25, 0.3) is 8.32 Å². The van der Waals surface area contributed by atoms with Crippen LogP contribution >= 0.6 is 0 Å². The third kappa shape index (κ3) is 3.73. The third-order valence-electron chi connectivity index (χ3n) is 3.74. The molecule has 0 heterocycles. The minimum atomic E-state index is -1.89. The van der Waals surface area contributed by atoms with Crippen LogP contribution in [0.15, 0.2) is 18.2 Å². The first kappa shape index (κ1) is 16.1. The van der Waals surface area contributed by atoms with Crippen molar-refractivity contribution >= 4 is 8.32 Å². The molecular formula is C15H27NO2Si. The van der Waals surface area contributed by atoms with Crippen molar-refractivity contribution in [2.75, 3.05) is 6.61 Å². The monoisotopic (exact) mass is 281 g/mol. The van der Waals surface area contributed by atoms with Crippen molar-refractivity contribution in [1.29, 1.82) is 0 Å². The molecule has 0 aliphatic rings. The molecule has 1 aromatic rings. The lowest BCUT2D eigenvalue weighted by Gasteiger charge is -2.37. The van der Waals surface area contributed by atoms with Crippen LogP contribution in [-0.4, -0.2) is 14.9 Å². The summed E-state index contributed by atoms with van der Waals surface area (Å²) in [6.45, 7) is 14.2. The molecule has 0 fully saturated rings. The molecule has 1 rings (SSSR count).